The largest absolute Gasteiger partial charge is 0.364 e. The van der Waals surface area contributed by atoms with E-state index in [2.05, 4.69) is 5.10 Å². The second-order valence-corrected chi connectivity index (χ2v) is 2.55. The Hall–Kier alpha value is -1.32. The van der Waals surface area contributed by atoms with Gasteiger partial charge in [-0.2, -0.15) is 5.10 Å². The molecular weight excluding hydrogens is 142 g/mol. The normalized spacial score (nSPS) is 10.1. The maximum absolute atomic E-state index is 10.7. The van der Waals surface area contributed by atoms with Gasteiger partial charge in [-0.05, 0) is 13.8 Å². The highest BCUT2D eigenvalue weighted by molar-refractivity contribution is 5.92. The minimum absolute atomic E-state index is 0.366. The molecule has 1 rings (SSSR count). The summed E-state index contributed by atoms with van der Waals surface area (Å²) in [6.07, 6.45) is 0. The van der Waals surface area contributed by atoms with Crippen LogP contribution in [0.25, 0.3) is 0 Å². The van der Waals surface area contributed by atoms with E-state index >= 15 is 0 Å². The van der Waals surface area contributed by atoms with Gasteiger partial charge in [0.1, 0.15) is 0 Å². The van der Waals surface area contributed by atoms with Gasteiger partial charge in [-0.1, -0.05) is 0 Å². The first-order valence-corrected chi connectivity index (χ1v) is 3.34. The van der Waals surface area contributed by atoms with E-state index in [1.54, 1.807) is 11.7 Å². The van der Waals surface area contributed by atoms with E-state index in [-0.39, 0.29) is 0 Å². The second-order valence-electron chi connectivity index (χ2n) is 2.55. The SMILES string of the molecule is Cc1c(C(N)=O)nn(C)c1C. The Labute approximate surface area is 65.0 Å². The van der Waals surface area contributed by atoms with Crippen LogP contribution in [0.5, 0.6) is 0 Å². The lowest BCUT2D eigenvalue weighted by Crippen LogP contribution is -2.13. The van der Waals surface area contributed by atoms with E-state index in [4.69, 9.17) is 5.73 Å². The van der Waals surface area contributed by atoms with Crippen LogP contribution < -0.4 is 5.73 Å². The molecule has 0 saturated carbocycles. The van der Waals surface area contributed by atoms with Crippen molar-refractivity contribution in [3.8, 4) is 0 Å². The molecule has 1 aromatic heterocycles. The average Bonchev–Trinajstić information content (AvgIpc) is 2.17. The van der Waals surface area contributed by atoms with Crippen LogP contribution in [-0.2, 0) is 7.05 Å². The van der Waals surface area contributed by atoms with Gasteiger partial charge in [0.15, 0.2) is 5.69 Å². The van der Waals surface area contributed by atoms with Crippen LogP contribution in [0.3, 0.4) is 0 Å². The molecule has 0 aliphatic rings. The summed E-state index contributed by atoms with van der Waals surface area (Å²) in [6, 6.07) is 0. The van der Waals surface area contributed by atoms with Crippen LogP contribution in [0.4, 0.5) is 0 Å². The lowest BCUT2D eigenvalue weighted by atomic mass is 10.2. The molecular formula is C7H11N3O. The molecule has 0 fully saturated rings. The number of nitrogens with zero attached hydrogens (tertiary/aromatic N) is 2. The molecule has 4 nitrogen and oxygen atoms in total. The molecule has 60 valence electrons. The van der Waals surface area contributed by atoms with Gasteiger partial charge in [-0.15, -0.1) is 0 Å². The molecule has 2 N–H and O–H groups in total. The zero-order valence-electron chi connectivity index (χ0n) is 6.88. The van der Waals surface area contributed by atoms with E-state index in [1.165, 1.54) is 0 Å². The lowest BCUT2D eigenvalue weighted by Gasteiger charge is -1.90. The summed E-state index contributed by atoms with van der Waals surface area (Å²) in [4.78, 5) is 10.7. The van der Waals surface area contributed by atoms with E-state index in [0.29, 0.717) is 5.69 Å². The Kier molecular flexibility index (Phi) is 1.68. The van der Waals surface area contributed by atoms with E-state index in [0.717, 1.165) is 11.3 Å². The molecule has 0 atom stereocenters. The van der Waals surface area contributed by atoms with E-state index in [1.807, 2.05) is 13.8 Å². The van der Waals surface area contributed by atoms with Crippen LogP contribution >= 0.6 is 0 Å². The van der Waals surface area contributed by atoms with Crippen molar-refractivity contribution in [2.75, 3.05) is 0 Å². The number of hydrogen-bond acceptors (Lipinski definition) is 2. The topological polar surface area (TPSA) is 60.9 Å². The Morgan fingerprint density at radius 3 is 2.27 bits per heavy atom. The highest BCUT2D eigenvalue weighted by atomic mass is 16.1. The van der Waals surface area contributed by atoms with Gasteiger partial charge in [0.25, 0.3) is 5.91 Å². The Morgan fingerprint density at radius 1 is 1.55 bits per heavy atom. The van der Waals surface area contributed by atoms with E-state index < -0.39 is 5.91 Å². The molecule has 0 aromatic carbocycles. The zero-order valence-corrected chi connectivity index (χ0v) is 6.88. The minimum Gasteiger partial charge on any atom is -0.364 e. The zero-order chi connectivity index (χ0) is 8.59. The fourth-order valence-electron chi connectivity index (χ4n) is 0.948. The summed E-state index contributed by atoms with van der Waals surface area (Å²) in [5.74, 6) is -0.466. The number of rotatable bonds is 1. The molecule has 0 aliphatic heterocycles. The molecule has 0 aliphatic carbocycles. The fraction of sp³-hybridized carbons (Fsp3) is 0.429. The van der Waals surface area contributed by atoms with Crippen molar-refractivity contribution in [3.63, 3.8) is 0 Å². The summed E-state index contributed by atoms with van der Waals surface area (Å²) in [5, 5.41) is 3.95. The summed E-state index contributed by atoms with van der Waals surface area (Å²) >= 11 is 0. The first kappa shape index (κ1) is 7.78. The van der Waals surface area contributed by atoms with Crippen molar-refractivity contribution in [1.29, 1.82) is 0 Å². The number of aryl methyl sites for hydroxylation is 1. The highest BCUT2D eigenvalue weighted by Crippen LogP contribution is 2.09. The minimum atomic E-state index is -0.466. The third kappa shape index (κ3) is 1.11. The number of carbonyl (C=O) groups is 1. The standard InChI is InChI=1S/C7H11N3O/c1-4-5(2)10(3)9-6(4)7(8)11/h1-3H3,(H2,8,11). The van der Waals surface area contributed by atoms with Gasteiger partial charge < -0.3 is 5.73 Å². The van der Waals surface area contributed by atoms with Crippen molar-refractivity contribution in [1.82, 2.24) is 9.78 Å². The number of carbonyl (C=O) groups excluding carboxylic acids is 1. The van der Waals surface area contributed by atoms with Crippen LogP contribution in [0.15, 0.2) is 0 Å². The maximum atomic E-state index is 10.7. The van der Waals surface area contributed by atoms with Crippen molar-refractivity contribution in [2.24, 2.45) is 12.8 Å². The molecule has 1 amide bonds. The Bertz CT molecular complexity index is 301. The average molecular weight is 153 g/mol. The van der Waals surface area contributed by atoms with Crippen molar-refractivity contribution >= 4 is 5.91 Å². The third-order valence-corrected chi connectivity index (χ3v) is 1.87. The van der Waals surface area contributed by atoms with E-state index in [9.17, 15) is 4.79 Å². The Balaban J connectivity index is 3.29. The van der Waals surface area contributed by atoms with Crippen molar-refractivity contribution < 1.29 is 4.79 Å². The van der Waals surface area contributed by atoms with Crippen LogP contribution in [0, 0.1) is 13.8 Å². The summed E-state index contributed by atoms with van der Waals surface area (Å²) in [7, 11) is 1.79. The molecule has 0 unspecified atom stereocenters. The molecule has 0 bridgehead atoms. The van der Waals surface area contributed by atoms with Gasteiger partial charge in [0.05, 0.1) is 0 Å². The van der Waals surface area contributed by atoms with Gasteiger partial charge in [-0.25, -0.2) is 0 Å². The predicted molar refractivity (Wildman–Crippen MR) is 41.2 cm³/mol. The van der Waals surface area contributed by atoms with Crippen LogP contribution in [-0.4, -0.2) is 15.7 Å². The molecule has 1 aromatic rings. The smallest absolute Gasteiger partial charge is 0.269 e. The summed E-state index contributed by atoms with van der Waals surface area (Å²) in [6.45, 7) is 3.73. The number of nitrogens with two attached hydrogens (primary N) is 1. The second kappa shape index (κ2) is 2.38. The van der Waals surface area contributed by atoms with Gasteiger partial charge in [0.2, 0.25) is 0 Å². The van der Waals surface area contributed by atoms with Gasteiger partial charge >= 0.3 is 0 Å². The number of primary amides is 1. The molecule has 1 heterocycles. The summed E-state index contributed by atoms with van der Waals surface area (Å²) in [5.41, 5.74) is 7.28. The molecule has 4 heteroatoms. The maximum Gasteiger partial charge on any atom is 0.269 e. The first-order chi connectivity index (χ1) is 5.04. The van der Waals surface area contributed by atoms with Crippen molar-refractivity contribution in [3.05, 3.63) is 17.0 Å². The van der Waals surface area contributed by atoms with Crippen molar-refractivity contribution in [2.45, 2.75) is 13.8 Å². The third-order valence-electron chi connectivity index (χ3n) is 1.87. The molecule has 11 heavy (non-hydrogen) atoms. The first-order valence-electron chi connectivity index (χ1n) is 3.34. The molecule has 0 spiro atoms. The van der Waals surface area contributed by atoms with Gasteiger partial charge in [0, 0.05) is 18.3 Å². The monoisotopic (exact) mass is 153 g/mol. The Morgan fingerprint density at radius 2 is 2.09 bits per heavy atom. The number of amides is 1. The van der Waals surface area contributed by atoms with Crippen LogP contribution in [0.1, 0.15) is 21.7 Å². The number of hydrogen-bond donors (Lipinski definition) is 1. The predicted octanol–water partition coefficient (Wildman–Crippen LogP) is 0.136. The summed E-state index contributed by atoms with van der Waals surface area (Å²) < 4.78 is 1.65. The van der Waals surface area contributed by atoms with Gasteiger partial charge in [-0.3, -0.25) is 9.48 Å². The van der Waals surface area contributed by atoms with Crippen LogP contribution in [0.2, 0.25) is 0 Å². The molecule has 0 saturated heterocycles. The highest BCUT2D eigenvalue weighted by Gasteiger charge is 2.12. The number of aromatic nitrogens is 2. The quantitative estimate of drug-likeness (QED) is 0.623. The lowest BCUT2D eigenvalue weighted by molar-refractivity contribution is 0.0994. The molecule has 0 radical (unpaired) electrons. The fourth-order valence-corrected chi connectivity index (χ4v) is 0.948.